The van der Waals surface area contributed by atoms with Crippen LogP contribution >= 0.6 is 0 Å². The van der Waals surface area contributed by atoms with Crippen molar-refractivity contribution < 1.29 is 27.4 Å². The zero-order valence-corrected chi connectivity index (χ0v) is 9.17. The molecule has 1 rings (SSSR count). The van der Waals surface area contributed by atoms with E-state index in [2.05, 4.69) is 14.5 Å². The monoisotopic (exact) mass is 249 g/mol. The summed E-state index contributed by atoms with van der Waals surface area (Å²) in [7, 11) is 1.17. The maximum Gasteiger partial charge on any atom is 0.345 e. The van der Waals surface area contributed by atoms with Gasteiger partial charge < -0.3 is 9.47 Å². The van der Waals surface area contributed by atoms with Gasteiger partial charge in [0.15, 0.2) is 11.6 Å². The van der Waals surface area contributed by atoms with Gasteiger partial charge in [-0.15, -0.1) is 0 Å². The van der Waals surface area contributed by atoms with Crippen LogP contribution < -0.4 is 4.74 Å². The van der Waals surface area contributed by atoms with Gasteiger partial charge >= 0.3 is 5.97 Å². The van der Waals surface area contributed by atoms with Gasteiger partial charge in [0.1, 0.15) is 11.3 Å². The average Bonchev–Trinajstić information content (AvgIpc) is 2.27. The molecule has 0 spiro atoms. The van der Waals surface area contributed by atoms with Crippen molar-refractivity contribution >= 4 is 5.97 Å². The summed E-state index contributed by atoms with van der Waals surface area (Å²) in [6, 6.07) is 0. The second kappa shape index (κ2) is 5.51. The number of methoxy groups -OCH3 is 1. The molecular weight excluding hydrogens is 239 g/mol. The minimum absolute atomic E-state index is 0.00619. The molecule has 7 heteroatoms. The Hall–Kier alpha value is -1.79. The third-order valence-corrected chi connectivity index (χ3v) is 1.92. The summed E-state index contributed by atoms with van der Waals surface area (Å²) in [6.07, 6.45) is -2.26. The fourth-order valence-electron chi connectivity index (χ4n) is 1.19. The van der Waals surface area contributed by atoms with Crippen molar-refractivity contribution in [1.82, 2.24) is 4.98 Å². The van der Waals surface area contributed by atoms with Crippen LogP contribution in [0.4, 0.5) is 13.2 Å². The molecule has 0 aliphatic heterocycles. The van der Waals surface area contributed by atoms with Gasteiger partial charge in [0.2, 0.25) is 0 Å². The first-order chi connectivity index (χ1) is 8.02. The molecule has 0 saturated heterocycles. The van der Waals surface area contributed by atoms with Crippen molar-refractivity contribution in [2.24, 2.45) is 0 Å². The number of nitrogens with zero attached hydrogens (tertiary/aromatic N) is 1. The number of ether oxygens (including phenoxy) is 2. The molecule has 0 bridgehead atoms. The number of pyridine rings is 1. The second-order valence-corrected chi connectivity index (χ2v) is 2.92. The Labute approximate surface area is 95.4 Å². The molecule has 94 valence electrons. The molecule has 0 aromatic carbocycles. The fourth-order valence-corrected chi connectivity index (χ4v) is 1.19. The van der Waals surface area contributed by atoms with Crippen molar-refractivity contribution in [1.29, 1.82) is 0 Å². The highest BCUT2D eigenvalue weighted by Gasteiger charge is 2.26. The summed E-state index contributed by atoms with van der Waals surface area (Å²) >= 11 is 0. The predicted molar refractivity (Wildman–Crippen MR) is 51.7 cm³/mol. The summed E-state index contributed by atoms with van der Waals surface area (Å²) < 4.78 is 47.7. The van der Waals surface area contributed by atoms with Crippen molar-refractivity contribution in [2.45, 2.75) is 13.3 Å². The Kier molecular flexibility index (Phi) is 4.30. The molecule has 0 atom stereocenters. The van der Waals surface area contributed by atoms with Crippen LogP contribution in [-0.4, -0.2) is 24.7 Å². The van der Waals surface area contributed by atoms with Crippen molar-refractivity contribution in [3.05, 3.63) is 23.3 Å². The Balaban J connectivity index is 3.32. The summed E-state index contributed by atoms with van der Waals surface area (Å²) in [4.78, 5) is 14.6. The van der Waals surface area contributed by atoms with E-state index in [1.165, 1.54) is 14.0 Å². The second-order valence-electron chi connectivity index (χ2n) is 2.92. The number of hydrogen-bond acceptors (Lipinski definition) is 4. The van der Waals surface area contributed by atoms with E-state index in [0.717, 1.165) is 6.20 Å². The van der Waals surface area contributed by atoms with E-state index in [9.17, 15) is 18.0 Å². The van der Waals surface area contributed by atoms with Crippen LogP contribution in [0.3, 0.4) is 0 Å². The molecule has 1 aromatic heterocycles. The molecule has 0 fully saturated rings. The zero-order valence-electron chi connectivity index (χ0n) is 9.17. The van der Waals surface area contributed by atoms with Crippen LogP contribution in [0.5, 0.6) is 5.75 Å². The van der Waals surface area contributed by atoms with Crippen LogP contribution in [-0.2, 0) is 4.74 Å². The third kappa shape index (κ3) is 2.66. The van der Waals surface area contributed by atoms with Crippen molar-refractivity contribution in [3.8, 4) is 5.75 Å². The van der Waals surface area contributed by atoms with Gasteiger partial charge in [-0.2, -0.15) is 0 Å². The van der Waals surface area contributed by atoms with Gasteiger partial charge in [0, 0.05) is 0 Å². The molecule has 0 aliphatic carbocycles. The summed E-state index contributed by atoms with van der Waals surface area (Å²) in [5.41, 5.74) is -1.77. The highest BCUT2D eigenvalue weighted by molar-refractivity contribution is 5.92. The van der Waals surface area contributed by atoms with E-state index >= 15 is 0 Å². The van der Waals surface area contributed by atoms with Crippen LogP contribution in [0.1, 0.15) is 29.4 Å². The first-order valence-electron chi connectivity index (χ1n) is 4.70. The summed E-state index contributed by atoms with van der Waals surface area (Å²) in [6.45, 7) is 1.51. The highest BCUT2D eigenvalue weighted by Crippen LogP contribution is 2.28. The molecule has 0 radical (unpaired) electrons. The van der Waals surface area contributed by atoms with Crippen LogP contribution in [0.15, 0.2) is 6.20 Å². The Morgan fingerprint density at radius 3 is 2.65 bits per heavy atom. The summed E-state index contributed by atoms with van der Waals surface area (Å²) in [5.74, 6) is -2.73. The lowest BCUT2D eigenvalue weighted by Crippen LogP contribution is -2.12. The number of hydrogen-bond donors (Lipinski definition) is 0. The van der Waals surface area contributed by atoms with Gasteiger partial charge in [0.25, 0.3) is 6.43 Å². The molecule has 4 nitrogen and oxygen atoms in total. The van der Waals surface area contributed by atoms with E-state index in [-0.39, 0.29) is 12.4 Å². The molecule has 1 aromatic rings. The fraction of sp³-hybridized carbons (Fsp3) is 0.400. The zero-order chi connectivity index (χ0) is 13.0. The van der Waals surface area contributed by atoms with Crippen LogP contribution in [0, 0.1) is 5.82 Å². The molecule has 1 heterocycles. The van der Waals surface area contributed by atoms with Gasteiger partial charge in [-0.3, -0.25) is 0 Å². The molecule has 0 saturated carbocycles. The number of alkyl halides is 2. The van der Waals surface area contributed by atoms with Gasteiger partial charge in [0.05, 0.1) is 19.9 Å². The minimum atomic E-state index is -3.12. The lowest BCUT2D eigenvalue weighted by Gasteiger charge is -2.10. The van der Waals surface area contributed by atoms with Gasteiger partial charge in [-0.25, -0.2) is 22.9 Å². The normalized spacial score (nSPS) is 10.5. The number of rotatable bonds is 4. The predicted octanol–water partition coefficient (Wildman–Crippen LogP) is 2.34. The van der Waals surface area contributed by atoms with Crippen LogP contribution in [0.2, 0.25) is 0 Å². The first-order valence-corrected chi connectivity index (χ1v) is 4.70. The standard InChI is InChI=1S/C10H10F3NO3/c1-3-17-10(15)6-5(16-2)4-14-8(7(6)11)9(12)13/h4,9H,3H2,1-2H3. The maximum atomic E-state index is 13.6. The molecule has 0 unspecified atom stereocenters. The maximum absolute atomic E-state index is 13.6. The molecule has 0 amide bonds. The topological polar surface area (TPSA) is 48.4 Å². The van der Waals surface area contributed by atoms with E-state index < -0.39 is 29.5 Å². The average molecular weight is 249 g/mol. The van der Waals surface area contributed by atoms with E-state index in [0.29, 0.717) is 0 Å². The number of carbonyl (C=O) groups is 1. The Bertz CT molecular complexity index is 424. The first kappa shape index (κ1) is 13.3. The number of esters is 1. The number of carbonyl (C=O) groups excluding carboxylic acids is 1. The summed E-state index contributed by atoms with van der Waals surface area (Å²) in [5, 5.41) is 0. The quantitative estimate of drug-likeness (QED) is 0.768. The van der Waals surface area contributed by atoms with Gasteiger partial charge in [-0.05, 0) is 6.92 Å². The van der Waals surface area contributed by atoms with E-state index in [1.54, 1.807) is 0 Å². The third-order valence-electron chi connectivity index (χ3n) is 1.92. The minimum Gasteiger partial charge on any atom is -0.494 e. The van der Waals surface area contributed by atoms with E-state index in [1.807, 2.05) is 0 Å². The van der Waals surface area contributed by atoms with Crippen molar-refractivity contribution in [3.63, 3.8) is 0 Å². The molecule has 0 N–H and O–H groups in total. The van der Waals surface area contributed by atoms with Gasteiger partial charge in [-0.1, -0.05) is 0 Å². The molecule has 17 heavy (non-hydrogen) atoms. The lowest BCUT2D eigenvalue weighted by molar-refractivity contribution is 0.0515. The molecule has 0 aliphatic rings. The molecular formula is C10H10F3NO3. The number of halogens is 3. The largest absolute Gasteiger partial charge is 0.494 e. The lowest BCUT2D eigenvalue weighted by atomic mass is 10.2. The SMILES string of the molecule is CCOC(=O)c1c(OC)cnc(C(F)F)c1F. The van der Waals surface area contributed by atoms with E-state index in [4.69, 9.17) is 0 Å². The smallest absolute Gasteiger partial charge is 0.345 e. The Morgan fingerprint density at radius 1 is 1.53 bits per heavy atom. The number of aromatic nitrogens is 1. The van der Waals surface area contributed by atoms with Crippen molar-refractivity contribution in [2.75, 3.05) is 13.7 Å². The van der Waals surface area contributed by atoms with Crippen LogP contribution in [0.25, 0.3) is 0 Å². The highest BCUT2D eigenvalue weighted by atomic mass is 19.3. The Morgan fingerprint density at radius 2 is 2.18 bits per heavy atom.